The molecular formula is C19H29N3. The number of hydrogen-bond donors (Lipinski definition) is 1. The third kappa shape index (κ3) is 2.91. The summed E-state index contributed by atoms with van der Waals surface area (Å²) in [5, 5.41) is 0. The number of rotatable bonds is 4. The SMILES string of the molecule is CCC(N)Cn1c(C2CCCCC2)nc2cc(C)c(C)cc21. The summed E-state index contributed by atoms with van der Waals surface area (Å²) in [6.45, 7) is 7.42. The Kier molecular flexibility index (Phi) is 4.53. The van der Waals surface area contributed by atoms with Crippen LogP contribution in [0, 0.1) is 13.8 Å². The van der Waals surface area contributed by atoms with Gasteiger partial charge in [0.15, 0.2) is 0 Å². The van der Waals surface area contributed by atoms with E-state index in [1.54, 1.807) is 0 Å². The molecule has 3 nitrogen and oxygen atoms in total. The number of aromatic nitrogens is 2. The van der Waals surface area contributed by atoms with Gasteiger partial charge in [-0.1, -0.05) is 26.2 Å². The van der Waals surface area contributed by atoms with E-state index in [1.807, 2.05) is 0 Å². The van der Waals surface area contributed by atoms with Crippen molar-refractivity contribution in [1.29, 1.82) is 0 Å². The number of benzene rings is 1. The van der Waals surface area contributed by atoms with E-state index >= 15 is 0 Å². The molecule has 1 aromatic carbocycles. The molecule has 22 heavy (non-hydrogen) atoms. The zero-order chi connectivity index (χ0) is 15.7. The topological polar surface area (TPSA) is 43.8 Å². The lowest BCUT2D eigenvalue weighted by Gasteiger charge is -2.23. The summed E-state index contributed by atoms with van der Waals surface area (Å²) >= 11 is 0. The molecule has 1 atom stereocenters. The smallest absolute Gasteiger partial charge is 0.113 e. The Morgan fingerprint density at radius 3 is 2.55 bits per heavy atom. The van der Waals surface area contributed by atoms with Crippen LogP contribution in [0.4, 0.5) is 0 Å². The maximum atomic E-state index is 6.27. The van der Waals surface area contributed by atoms with Crippen molar-refractivity contribution in [2.24, 2.45) is 5.73 Å². The van der Waals surface area contributed by atoms with Gasteiger partial charge in [-0.15, -0.1) is 0 Å². The van der Waals surface area contributed by atoms with Crippen molar-refractivity contribution in [3.8, 4) is 0 Å². The van der Waals surface area contributed by atoms with E-state index in [0.29, 0.717) is 5.92 Å². The summed E-state index contributed by atoms with van der Waals surface area (Å²) in [6.07, 6.45) is 7.63. The van der Waals surface area contributed by atoms with Gasteiger partial charge in [0.05, 0.1) is 11.0 Å². The molecule has 1 aliphatic carbocycles. The minimum absolute atomic E-state index is 0.210. The predicted octanol–water partition coefficient (Wildman–Crippen LogP) is 4.44. The first-order valence-electron chi connectivity index (χ1n) is 8.83. The Labute approximate surface area is 133 Å². The van der Waals surface area contributed by atoms with E-state index < -0.39 is 0 Å². The van der Waals surface area contributed by atoms with Crippen LogP contribution in [0.5, 0.6) is 0 Å². The van der Waals surface area contributed by atoms with Gasteiger partial charge in [-0.2, -0.15) is 0 Å². The molecule has 120 valence electrons. The van der Waals surface area contributed by atoms with Crippen LogP contribution in [-0.2, 0) is 6.54 Å². The van der Waals surface area contributed by atoms with E-state index in [4.69, 9.17) is 10.7 Å². The first kappa shape index (κ1) is 15.5. The number of nitrogens with zero attached hydrogens (tertiary/aromatic N) is 2. The summed E-state index contributed by atoms with van der Waals surface area (Å²) in [6, 6.07) is 4.75. The summed E-state index contributed by atoms with van der Waals surface area (Å²) in [7, 11) is 0. The lowest BCUT2D eigenvalue weighted by molar-refractivity contribution is 0.409. The molecule has 0 saturated heterocycles. The maximum Gasteiger partial charge on any atom is 0.113 e. The molecule has 1 aromatic heterocycles. The number of nitrogens with two attached hydrogens (primary N) is 1. The van der Waals surface area contributed by atoms with Crippen molar-refractivity contribution in [3.05, 3.63) is 29.1 Å². The van der Waals surface area contributed by atoms with Crippen LogP contribution < -0.4 is 5.73 Å². The van der Waals surface area contributed by atoms with Crippen molar-refractivity contribution >= 4 is 11.0 Å². The molecule has 1 unspecified atom stereocenters. The minimum atomic E-state index is 0.210. The quantitative estimate of drug-likeness (QED) is 0.907. The molecule has 0 spiro atoms. The van der Waals surface area contributed by atoms with Crippen LogP contribution in [0.25, 0.3) is 11.0 Å². The standard InChI is InChI=1S/C19H29N3/c1-4-16(20)12-22-18-11-14(3)13(2)10-17(18)21-19(22)15-8-6-5-7-9-15/h10-11,15-16H,4-9,12,20H2,1-3H3. The molecular weight excluding hydrogens is 270 g/mol. The minimum Gasteiger partial charge on any atom is -0.326 e. The molecule has 0 aliphatic heterocycles. The second kappa shape index (κ2) is 6.41. The van der Waals surface area contributed by atoms with Gasteiger partial charge in [0.1, 0.15) is 5.82 Å². The van der Waals surface area contributed by atoms with Gasteiger partial charge in [0.25, 0.3) is 0 Å². The zero-order valence-corrected chi connectivity index (χ0v) is 14.2. The van der Waals surface area contributed by atoms with Gasteiger partial charge in [-0.05, 0) is 56.4 Å². The average molecular weight is 299 g/mol. The molecule has 0 bridgehead atoms. The Morgan fingerprint density at radius 1 is 1.18 bits per heavy atom. The molecule has 0 amide bonds. The number of imidazole rings is 1. The van der Waals surface area contributed by atoms with Crippen LogP contribution >= 0.6 is 0 Å². The number of fused-ring (bicyclic) bond motifs is 1. The van der Waals surface area contributed by atoms with Crippen molar-refractivity contribution < 1.29 is 0 Å². The summed E-state index contributed by atoms with van der Waals surface area (Å²) in [4.78, 5) is 5.03. The van der Waals surface area contributed by atoms with Crippen molar-refractivity contribution in [2.75, 3.05) is 0 Å². The summed E-state index contributed by atoms with van der Waals surface area (Å²) < 4.78 is 2.42. The third-order valence-corrected chi connectivity index (χ3v) is 5.31. The number of hydrogen-bond acceptors (Lipinski definition) is 2. The fourth-order valence-electron chi connectivity index (χ4n) is 3.63. The molecule has 0 radical (unpaired) electrons. The molecule has 1 heterocycles. The summed E-state index contributed by atoms with van der Waals surface area (Å²) in [5.74, 6) is 1.90. The third-order valence-electron chi connectivity index (χ3n) is 5.31. The second-order valence-electron chi connectivity index (χ2n) is 7.01. The lowest BCUT2D eigenvalue weighted by atomic mass is 9.88. The van der Waals surface area contributed by atoms with Gasteiger partial charge >= 0.3 is 0 Å². The zero-order valence-electron chi connectivity index (χ0n) is 14.2. The van der Waals surface area contributed by atoms with Crippen molar-refractivity contribution in [2.45, 2.75) is 77.8 Å². The molecule has 3 rings (SSSR count). The normalized spacial score (nSPS) is 18.0. The maximum absolute atomic E-state index is 6.27. The van der Waals surface area contributed by atoms with Gasteiger partial charge < -0.3 is 10.3 Å². The Hall–Kier alpha value is -1.35. The summed E-state index contributed by atoms with van der Waals surface area (Å²) in [5.41, 5.74) is 11.4. The second-order valence-corrected chi connectivity index (χ2v) is 7.01. The van der Waals surface area contributed by atoms with Gasteiger partial charge in [-0.25, -0.2) is 4.98 Å². The van der Waals surface area contributed by atoms with E-state index in [-0.39, 0.29) is 6.04 Å². The fourth-order valence-corrected chi connectivity index (χ4v) is 3.63. The number of aryl methyl sites for hydroxylation is 2. The Morgan fingerprint density at radius 2 is 1.86 bits per heavy atom. The van der Waals surface area contributed by atoms with E-state index in [9.17, 15) is 0 Å². The highest BCUT2D eigenvalue weighted by molar-refractivity contribution is 5.78. The van der Waals surface area contributed by atoms with Crippen LogP contribution in [0.2, 0.25) is 0 Å². The van der Waals surface area contributed by atoms with Crippen LogP contribution in [0.15, 0.2) is 12.1 Å². The van der Waals surface area contributed by atoms with Crippen LogP contribution in [0.1, 0.15) is 68.3 Å². The largest absolute Gasteiger partial charge is 0.326 e. The van der Waals surface area contributed by atoms with Crippen molar-refractivity contribution in [1.82, 2.24) is 9.55 Å². The highest BCUT2D eigenvalue weighted by atomic mass is 15.1. The molecule has 3 heteroatoms. The van der Waals surface area contributed by atoms with Crippen LogP contribution in [0.3, 0.4) is 0 Å². The highest BCUT2D eigenvalue weighted by Gasteiger charge is 2.23. The van der Waals surface area contributed by atoms with Crippen molar-refractivity contribution in [3.63, 3.8) is 0 Å². The fraction of sp³-hybridized carbons (Fsp3) is 0.632. The van der Waals surface area contributed by atoms with E-state index in [1.165, 1.54) is 54.6 Å². The predicted molar refractivity (Wildman–Crippen MR) is 93.3 cm³/mol. The molecule has 2 N–H and O–H groups in total. The van der Waals surface area contributed by atoms with E-state index in [2.05, 4.69) is 37.5 Å². The van der Waals surface area contributed by atoms with Gasteiger partial charge in [-0.3, -0.25) is 0 Å². The average Bonchev–Trinajstić information content (AvgIpc) is 2.86. The highest BCUT2D eigenvalue weighted by Crippen LogP contribution is 2.34. The van der Waals surface area contributed by atoms with E-state index in [0.717, 1.165) is 18.5 Å². The Balaban J connectivity index is 2.09. The lowest BCUT2D eigenvalue weighted by Crippen LogP contribution is -2.27. The van der Waals surface area contributed by atoms with Crippen LogP contribution in [-0.4, -0.2) is 15.6 Å². The first-order chi connectivity index (χ1) is 10.6. The first-order valence-corrected chi connectivity index (χ1v) is 8.83. The monoisotopic (exact) mass is 299 g/mol. The van der Waals surface area contributed by atoms with Gasteiger partial charge in [0, 0.05) is 18.5 Å². The molecule has 1 saturated carbocycles. The van der Waals surface area contributed by atoms with Gasteiger partial charge in [0.2, 0.25) is 0 Å². The Bertz CT molecular complexity index is 650. The molecule has 1 aliphatic rings. The molecule has 2 aromatic rings. The molecule has 1 fully saturated rings.